The van der Waals surface area contributed by atoms with E-state index in [1.54, 1.807) is 12.3 Å². The summed E-state index contributed by atoms with van der Waals surface area (Å²) in [5.41, 5.74) is 0.693. The Kier molecular flexibility index (Phi) is 1.96. The number of hydrogen-bond acceptors (Lipinski definition) is 2. The number of aromatic nitrogens is 1. The van der Waals surface area contributed by atoms with Crippen LogP contribution in [0.15, 0.2) is 24.4 Å². The monoisotopic (exact) mass is 193 g/mol. The summed E-state index contributed by atoms with van der Waals surface area (Å²) in [5, 5.41) is 0.539. The fourth-order valence-electron chi connectivity index (χ4n) is 1.41. The molecule has 1 aromatic heterocycles. The zero-order valence-electron chi connectivity index (χ0n) is 7.50. The van der Waals surface area contributed by atoms with Gasteiger partial charge in [-0.05, 0) is 18.2 Å². The van der Waals surface area contributed by atoms with Gasteiger partial charge in [0.25, 0.3) is 0 Å². The van der Waals surface area contributed by atoms with E-state index in [0.29, 0.717) is 16.5 Å². The van der Waals surface area contributed by atoms with Crippen molar-refractivity contribution >= 4 is 16.9 Å². The van der Waals surface area contributed by atoms with Crippen LogP contribution in [0.4, 0.5) is 4.39 Å². The second-order valence-electron chi connectivity index (χ2n) is 2.85. The highest BCUT2D eigenvalue weighted by atomic mass is 19.1. The van der Waals surface area contributed by atoms with Crippen LogP contribution >= 0.6 is 0 Å². The van der Waals surface area contributed by atoms with Gasteiger partial charge in [0.2, 0.25) is 0 Å². The first-order chi connectivity index (χ1) is 6.74. The number of aromatic amines is 1. The highest BCUT2D eigenvalue weighted by molar-refractivity contribution is 6.03. The molecule has 0 aliphatic rings. The lowest BCUT2D eigenvalue weighted by Gasteiger charge is -2.01. The minimum absolute atomic E-state index is 0.327. The summed E-state index contributed by atoms with van der Waals surface area (Å²) in [5.74, 6) is -0.841. The minimum atomic E-state index is -0.463. The van der Waals surface area contributed by atoms with E-state index in [2.05, 4.69) is 9.72 Å². The van der Waals surface area contributed by atoms with Gasteiger partial charge in [-0.25, -0.2) is 9.18 Å². The van der Waals surface area contributed by atoms with Crippen molar-refractivity contribution in [1.82, 2.24) is 4.98 Å². The molecule has 0 saturated carbocycles. The molecule has 14 heavy (non-hydrogen) atoms. The molecule has 1 heterocycles. The van der Waals surface area contributed by atoms with Crippen molar-refractivity contribution in [1.29, 1.82) is 0 Å². The topological polar surface area (TPSA) is 42.1 Å². The second-order valence-corrected chi connectivity index (χ2v) is 2.85. The van der Waals surface area contributed by atoms with E-state index in [0.717, 1.165) is 0 Å². The van der Waals surface area contributed by atoms with Crippen LogP contribution in [-0.2, 0) is 4.74 Å². The van der Waals surface area contributed by atoms with E-state index in [-0.39, 0.29) is 5.82 Å². The number of H-pyrrole nitrogens is 1. The number of carbonyl (C=O) groups is 1. The van der Waals surface area contributed by atoms with Gasteiger partial charge >= 0.3 is 5.97 Å². The van der Waals surface area contributed by atoms with Crippen LogP contribution in [0.3, 0.4) is 0 Å². The van der Waals surface area contributed by atoms with Gasteiger partial charge in [-0.3, -0.25) is 0 Å². The Morgan fingerprint density at radius 3 is 2.93 bits per heavy atom. The highest BCUT2D eigenvalue weighted by Crippen LogP contribution is 2.21. The van der Waals surface area contributed by atoms with E-state index in [9.17, 15) is 9.18 Å². The fourth-order valence-corrected chi connectivity index (χ4v) is 1.41. The van der Waals surface area contributed by atoms with Crippen LogP contribution in [-0.4, -0.2) is 18.1 Å². The van der Waals surface area contributed by atoms with Gasteiger partial charge in [-0.1, -0.05) is 0 Å². The second kappa shape index (κ2) is 3.14. The minimum Gasteiger partial charge on any atom is -0.465 e. The summed E-state index contributed by atoms with van der Waals surface area (Å²) in [7, 11) is 1.30. The van der Waals surface area contributed by atoms with E-state index in [1.807, 2.05) is 0 Å². The molecule has 0 atom stereocenters. The molecule has 0 spiro atoms. The van der Waals surface area contributed by atoms with Crippen molar-refractivity contribution < 1.29 is 13.9 Å². The Bertz CT molecular complexity index is 490. The van der Waals surface area contributed by atoms with Crippen molar-refractivity contribution in [3.8, 4) is 0 Å². The lowest BCUT2D eigenvalue weighted by atomic mass is 10.1. The maximum Gasteiger partial charge on any atom is 0.338 e. The summed E-state index contributed by atoms with van der Waals surface area (Å²) in [6, 6.07) is 4.30. The Morgan fingerprint density at radius 1 is 1.43 bits per heavy atom. The third kappa shape index (κ3) is 1.16. The van der Waals surface area contributed by atoms with E-state index in [4.69, 9.17) is 0 Å². The average molecular weight is 193 g/mol. The van der Waals surface area contributed by atoms with Crippen molar-refractivity contribution in [3.05, 3.63) is 35.8 Å². The standard InChI is InChI=1S/C10H8FNO2/c1-14-10(13)7-2-3-8(11)9-6(7)4-5-12-9/h2-5,12H,1H3. The third-order valence-corrected chi connectivity index (χ3v) is 2.08. The summed E-state index contributed by atoms with van der Waals surface area (Å²) in [4.78, 5) is 14.0. The normalized spacial score (nSPS) is 10.4. The average Bonchev–Trinajstić information content (AvgIpc) is 2.67. The SMILES string of the molecule is COC(=O)c1ccc(F)c2[nH]ccc12. The van der Waals surface area contributed by atoms with Gasteiger partial charge in [-0.15, -0.1) is 0 Å². The zero-order chi connectivity index (χ0) is 10.1. The zero-order valence-corrected chi connectivity index (χ0v) is 7.50. The van der Waals surface area contributed by atoms with Gasteiger partial charge in [0.15, 0.2) is 0 Å². The summed E-state index contributed by atoms with van der Waals surface area (Å²) in [6.45, 7) is 0. The molecule has 4 heteroatoms. The molecule has 2 aromatic rings. The van der Waals surface area contributed by atoms with Crippen LogP contribution in [0.25, 0.3) is 10.9 Å². The van der Waals surface area contributed by atoms with Crippen LogP contribution in [0, 0.1) is 5.82 Å². The number of benzene rings is 1. The number of rotatable bonds is 1. The molecule has 0 unspecified atom stereocenters. The first-order valence-corrected chi connectivity index (χ1v) is 4.08. The number of ether oxygens (including phenoxy) is 1. The Morgan fingerprint density at radius 2 is 2.21 bits per heavy atom. The number of carbonyl (C=O) groups excluding carboxylic acids is 1. The molecule has 1 aromatic carbocycles. The van der Waals surface area contributed by atoms with Crippen molar-refractivity contribution in [2.75, 3.05) is 7.11 Å². The van der Waals surface area contributed by atoms with Crippen molar-refractivity contribution in [2.24, 2.45) is 0 Å². The molecule has 0 saturated heterocycles. The third-order valence-electron chi connectivity index (χ3n) is 2.08. The maximum atomic E-state index is 13.2. The van der Waals surface area contributed by atoms with E-state index < -0.39 is 5.97 Å². The molecule has 0 fully saturated rings. The van der Waals surface area contributed by atoms with Gasteiger partial charge < -0.3 is 9.72 Å². The molecule has 3 nitrogen and oxygen atoms in total. The number of esters is 1. The Balaban J connectivity index is 2.72. The van der Waals surface area contributed by atoms with Gasteiger partial charge in [0, 0.05) is 11.6 Å². The first kappa shape index (κ1) is 8.74. The number of methoxy groups -OCH3 is 1. The van der Waals surface area contributed by atoms with Crippen molar-refractivity contribution in [3.63, 3.8) is 0 Å². The highest BCUT2D eigenvalue weighted by Gasteiger charge is 2.12. The molecule has 0 aliphatic heterocycles. The largest absolute Gasteiger partial charge is 0.465 e. The molecule has 0 amide bonds. The lowest BCUT2D eigenvalue weighted by Crippen LogP contribution is -2.01. The summed E-state index contributed by atoms with van der Waals surface area (Å²) >= 11 is 0. The number of nitrogens with one attached hydrogen (secondary N) is 1. The predicted octanol–water partition coefficient (Wildman–Crippen LogP) is 2.09. The van der Waals surface area contributed by atoms with Gasteiger partial charge in [-0.2, -0.15) is 0 Å². The molecule has 0 aliphatic carbocycles. The van der Waals surface area contributed by atoms with Crippen molar-refractivity contribution in [2.45, 2.75) is 0 Å². The number of halogens is 1. The van der Waals surface area contributed by atoms with Gasteiger partial charge in [0.05, 0.1) is 18.2 Å². The Labute approximate surface area is 79.5 Å². The number of hydrogen-bond donors (Lipinski definition) is 1. The Hall–Kier alpha value is -1.84. The van der Waals surface area contributed by atoms with Crippen LogP contribution in [0.1, 0.15) is 10.4 Å². The number of fused-ring (bicyclic) bond motifs is 1. The smallest absolute Gasteiger partial charge is 0.338 e. The molecule has 2 rings (SSSR count). The van der Waals surface area contributed by atoms with Crippen LogP contribution in [0.2, 0.25) is 0 Å². The summed E-state index contributed by atoms with van der Waals surface area (Å²) < 4.78 is 17.8. The molecule has 0 bridgehead atoms. The molecule has 0 radical (unpaired) electrons. The molecular weight excluding hydrogens is 185 g/mol. The van der Waals surface area contributed by atoms with Crippen LogP contribution in [0.5, 0.6) is 0 Å². The predicted molar refractivity (Wildman–Crippen MR) is 49.6 cm³/mol. The maximum absolute atomic E-state index is 13.2. The first-order valence-electron chi connectivity index (χ1n) is 4.08. The fraction of sp³-hybridized carbons (Fsp3) is 0.100. The van der Waals surface area contributed by atoms with Gasteiger partial charge in [0.1, 0.15) is 5.82 Å². The molecular formula is C10H8FNO2. The molecule has 1 N–H and O–H groups in total. The lowest BCUT2D eigenvalue weighted by molar-refractivity contribution is 0.0603. The quantitative estimate of drug-likeness (QED) is 0.704. The summed E-state index contributed by atoms with van der Waals surface area (Å²) in [6.07, 6.45) is 1.58. The van der Waals surface area contributed by atoms with E-state index >= 15 is 0 Å². The van der Waals surface area contributed by atoms with Crippen LogP contribution < -0.4 is 0 Å². The molecule has 72 valence electrons. The van der Waals surface area contributed by atoms with E-state index in [1.165, 1.54) is 19.2 Å².